The van der Waals surface area contributed by atoms with Crippen LogP contribution in [-0.4, -0.2) is 36.0 Å². The number of benzene rings is 1. The molecule has 1 aromatic carbocycles. The van der Waals surface area contributed by atoms with Crippen molar-refractivity contribution in [2.45, 2.75) is 25.7 Å². The number of rotatable bonds is 6. The first-order valence-corrected chi connectivity index (χ1v) is 10.2. The Labute approximate surface area is 185 Å². The first-order chi connectivity index (χ1) is 14.9. The molecule has 1 unspecified atom stereocenters. The number of hydrogen-bond donors (Lipinski definition) is 1. The number of carbonyl (C=O) groups is 2. The third-order valence-electron chi connectivity index (χ3n) is 5.43. The Morgan fingerprint density at radius 2 is 2.00 bits per heavy atom. The molecule has 1 aliphatic heterocycles. The molecule has 31 heavy (non-hydrogen) atoms. The lowest BCUT2D eigenvalue weighted by Crippen LogP contribution is -2.17. The molecule has 4 rings (SSSR count). The highest BCUT2D eigenvalue weighted by atomic mass is 35.5. The fourth-order valence-electron chi connectivity index (χ4n) is 4.14. The summed E-state index contributed by atoms with van der Waals surface area (Å²) in [7, 11) is 3.09. The van der Waals surface area contributed by atoms with E-state index < -0.39 is 5.92 Å². The molecule has 160 valence electrons. The highest BCUT2D eigenvalue weighted by molar-refractivity contribution is 6.31. The van der Waals surface area contributed by atoms with Crippen LogP contribution < -0.4 is 14.8 Å². The Morgan fingerprint density at radius 1 is 1.23 bits per heavy atom. The summed E-state index contributed by atoms with van der Waals surface area (Å²) in [4.78, 5) is 29.4. The van der Waals surface area contributed by atoms with E-state index >= 15 is 0 Å². The summed E-state index contributed by atoms with van der Waals surface area (Å²) in [6.45, 7) is 4.03. The van der Waals surface area contributed by atoms with Crippen molar-refractivity contribution in [1.29, 1.82) is 0 Å². The number of amides is 1. The summed E-state index contributed by atoms with van der Waals surface area (Å²) in [6.07, 6.45) is 4.14. The van der Waals surface area contributed by atoms with E-state index in [1.807, 2.05) is 24.5 Å². The van der Waals surface area contributed by atoms with E-state index in [4.69, 9.17) is 21.1 Å². The molecule has 0 saturated carbocycles. The van der Waals surface area contributed by atoms with Crippen molar-refractivity contribution >= 4 is 29.5 Å². The smallest absolute Gasteiger partial charge is 0.236 e. The maximum absolute atomic E-state index is 13.0. The van der Waals surface area contributed by atoms with Crippen molar-refractivity contribution in [3.63, 3.8) is 0 Å². The number of aldehydes is 1. The molecular formula is C23H22ClN3O4. The number of pyridine rings is 1. The molecule has 2 aromatic heterocycles. The topological polar surface area (TPSA) is 82.5 Å². The molecule has 1 amide bonds. The zero-order chi connectivity index (χ0) is 22.3. The molecule has 0 saturated heterocycles. The standard InChI is InChI=1S/C23H22ClN3O4/c1-12(2)22-20(21-15-6-5-14(24)7-16(15)26-23(21)29)13(11-28)10-27(22)17-9-25-19(31-4)8-18(17)30-3/h5-12,21H,1-4H3,(H,26,29). The third-order valence-corrected chi connectivity index (χ3v) is 5.67. The quantitative estimate of drug-likeness (QED) is 0.569. The SMILES string of the molecule is COc1cc(OC)c(-n2cc(C=O)c(C3C(=O)Nc4cc(Cl)ccc43)c2C(C)C)cn1. The van der Waals surface area contributed by atoms with Gasteiger partial charge in [-0.2, -0.15) is 0 Å². The van der Waals surface area contributed by atoms with Crippen LogP contribution in [0, 0.1) is 0 Å². The van der Waals surface area contributed by atoms with Crippen LogP contribution in [0.4, 0.5) is 5.69 Å². The van der Waals surface area contributed by atoms with E-state index in [-0.39, 0.29) is 11.8 Å². The lowest BCUT2D eigenvalue weighted by atomic mass is 9.87. The minimum absolute atomic E-state index is 0.000317. The summed E-state index contributed by atoms with van der Waals surface area (Å²) >= 11 is 6.10. The minimum atomic E-state index is -0.622. The molecular weight excluding hydrogens is 418 g/mol. The molecule has 0 radical (unpaired) electrons. The van der Waals surface area contributed by atoms with Crippen LogP contribution in [0.2, 0.25) is 5.02 Å². The highest BCUT2D eigenvalue weighted by Gasteiger charge is 2.37. The lowest BCUT2D eigenvalue weighted by molar-refractivity contribution is -0.116. The monoisotopic (exact) mass is 439 g/mol. The molecule has 3 heterocycles. The number of nitrogens with zero attached hydrogens (tertiary/aromatic N) is 2. The van der Waals surface area contributed by atoms with Gasteiger partial charge >= 0.3 is 0 Å². The number of ether oxygens (including phenoxy) is 2. The first-order valence-electron chi connectivity index (χ1n) is 9.78. The van der Waals surface area contributed by atoms with Gasteiger partial charge in [0.1, 0.15) is 11.4 Å². The van der Waals surface area contributed by atoms with Crippen LogP contribution in [0.15, 0.2) is 36.7 Å². The van der Waals surface area contributed by atoms with Crippen LogP contribution in [0.3, 0.4) is 0 Å². The van der Waals surface area contributed by atoms with Gasteiger partial charge in [-0.3, -0.25) is 9.59 Å². The van der Waals surface area contributed by atoms with Crippen molar-refractivity contribution in [2.75, 3.05) is 19.5 Å². The van der Waals surface area contributed by atoms with Crippen LogP contribution in [0.25, 0.3) is 5.69 Å². The normalized spacial score (nSPS) is 15.0. The molecule has 3 aromatic rings. The average molecular weight is 440 g/mol. The van der Waals surface area contributed by atoms with Crippen LogP contribution >= 0.6 is 11.6 Å². The van der Waals surface area contributed by atoms with Gasteiger partial charge < -0.3 is 19.4 Å². The van der Waals surface area contributed by atoms with Crippen LogP contribution in [0.5, 0.6) is 11.6 Å². The van der Waals surface area contributed by atoms with Crippen LogP contribution in [0.1, 0.15) is 52.9 Å². The van der Waals surface area contributed by atoms with Crippen LogP contribution in [-0.2, 0) is 4.79 Å². The Bertz CT molecular complexity index is 1190. The third kappa shape index (κ3) is 3.45. The van der Waals surface area contributed by atoms with Gasteiger partial charge in [0.15, 0.2) is 6.29 Å². The molecule has 0 fully saturated rings. The van der Waals surface area contributed by atoms with Gasteiger partial charge in [0.25, 0.3) is 0 Å². The zero-order valence-electron chi connectivity index (χ0n) is 17.6. The van der Waals surface area contributed by atoms with Gasteiger partial charge in [-0.25, -0.2) is 4.98 Å². The van der Waals surface area contributed by atoms with E-state index in [2.05, 4.69) is 10.3 Å². The molecule has 1 N–H and O–H groups in total. The summed E-state index contributed by atoms with van der Waals surface area (Å²) < 4.78 is 12.6. The number of methoxy groups -OCH3 is 2. The van der Waals surface area contributed by atoms with Gasteiger partial charge in [-0.15, -0.1) is 0 Å². The molecule has 1 atom stereocenters. The second-order valence-electron chi connectivity index (χ2n) is 7.58. The van der Waals surface area contributed by atoms with E-state index in [1.165, 1.54) is 7.11 Å². The Kier molecular flexibility index (Phi) is 5.45. The number of carbonyl (C=O) groups excluding carboxylic acids is 2. The lowest BCUT2D eigenvalue weighted by Gasteiger charge is -2.19. The fourth-order valence-corrected chi connectivity index (χ4v) is 4.31. The van der Waals surface area contributed by atoms with Gasteiger partial charge in [0.05, 0.1) is 26.3 Å². The van der Waals surface area contributed by atoms with Gasteiger partial charge in [-0.05, 0) is 23.6 Å². The number of nitrogens with one attached hydrogen (secondary N) is 1. The van der Waals surface area contributed by atoms with E-state index in [1.54, 1.807) is 37.7 Å². The molecule has 7 nitrogen and oxygen atoms in total. The van der Waals surface area contributed by atoms with Gasteiger partial charge in [-0.1, -0.05) is 31.5 Å². The van der Waals surface area contributed by atoms with E-state index in [0.717, 1.165) is 17.5 Å². The van der Waals surface area contributed by atoms with Gasteiger partial charge in [0, 0.05) is 39.8 Å². The number of halogens is 1. The zero-order valence-corrected chi connectivity index (χ0v) is 18.4. The maximum atomic E-state index is 13.0. The summed E-state index contributed by atoms with van der Waals surface area (Å²) in [6, 6.07) is 6.97. The largest absolute Gasteiger partial charge is 0.494 e. The van der Waals surface area contributed by atoms with Crippen molar-refractivity contribution in [2.24, 2.45) is 0 Å². The molecule has 0 bridgehead atoms. The molecule has 0 spiro atoms. The fraction of sp³-hybridized carbons (Fsp3) is 0.261. The van der Waals surface area contributed by atoms with Crippen molar-refractivity contribution < 1.29 is 19.1 Å². The number of hydrogen-bond acceptors (Lipinski definition) is 5. The molecule has 8 heteroatoms. The summed E-state index contributed by atoms with van der Waals surface area (Å²) in [5, 5.41) is 3.42. The second-order valence-corrected chi connectivity index (χ2v) is 8.01. The number of aromatic nitrogens is 2. The van der Waals surface area contributed by atoms with Crippen molar-refractivity contribution in [3.05, 3.63) is 64.1 Å². The summed E-state index contributed by atoms with van der Waals surface area (Å²) in [5.74, 6) is 0.134. The molecule has 0 aliphatic carbocycles. The van der Waals surface area contributed by atoms with Gasteiger partial charge in [0.2, 0.25) is 11.8 Å². The maximum Gasteiger partial charge on any atom is 0.236 e. The summed E-state index contributed by atoms with van der Waals surface area (Å²) in [5.41, 5.74) is 4.03. The predicted molar refractivity (Wildman–Crippen MR) is 118 cm³/mol. The van der Waals surface area contributed by atoms with Crippen molar-refractivity contribution in [3.8, 4) is 17.3 Å². The minimum Gasteiger partial charge on any atom is -0.494 e. The van der Waals surface area contributed by atoms with E-state index in [9.17, 15) is 9.59 Å². The predicted octanol–water partition coefficient (Wildman–Crippen LogP) is 4.56. The number of fused-ring (bicyclic) bond motifs is 1. The first kappa shape index (κ1) is 20.9. The Hall–Kier alpha value is -3.32. The Balaban J connectivity index is 1.98. The average Bonchev–Trinajstić information content (AvgIpc) is 3.28. The van der Waals surface area contributed by atoms with E-state index in [0.29, 0.717) is 39.2 Å². The highest BCUT2D eigenvalue weighted by Crippen LogP contribution is 2.44. The second kappa shape index (κ2) is 8.07. The number of anilines is 1. The Morgan fingerprint density at radius 3 is 2.65 bits per heavy atom. The van der Waals surface area contributed by atoms with Crippen molar-refractivity contribution in [1.82, 2.24) is 9.55 Å². The molecule has 1 aliphatic rings.